The van der Waals surface area contributed by atoms with Crippen LogP contribution in [0.5, 0.6) is 0 Å². The van der Waals surface area contributed by atoms with Crippen LogP contribution in [0.15, 0.2) is 59.7 Å². The van der Waals surface area contributed by atoms with Crippen LogP contribution in [0, 0.1) is 23.7 Å². The lowest BCUT2D eigenvalue weighted by molar-refractivity contribution is -0.136. The number of allylic oxidation sites excluding steroid dienone is 2. The third-order valence-electron chi connectivity index (χ3n) is 11.5. The third kappa shape index (κ3) is 6.17. The number of hydrogen-bond donors (Lipinski definition) is 2. The number of alkyl halides is 3. The van der Waals surface area contributed by atoms with E-state index in [1.807, 2.05) is 18.2 Å². The summed E-state index contributed by atoms with van der Waals surface area (Å²) in [6, 6.07) is 9.18. The normalized spacial score (nSPS) is 29.4. The SMILES string of the molecule is COC[C@H]1C[C@@H]([C@H](c2cccc(-n3cc4c(C(F)(F)F)cc(CN5CCC[C@H](C)C5)cn4c3=O)c2)C2(C3CC=CCC3)NNCN2C)C1. The average Bonchev–Trinajstić information content (AvgIpc) is 3.59. The summed E-state index contributed by atoms with van der Waals surface area (Å²) in [7, 11) is 3.92. The van der Waals surface area contributed by atoms with Crippen LogP contribution < -0.4 is 16.5 Å². The standard InChI is InChI=1S/C37H49F3N6O2/c1-25-9-8-14-44(19-25)20-27-17-32(37(38,39)40)33-22-45(35(47)46(33)21-27)31-13-7-10-28(18-31)34(29-15-26(16-29)23-48-3)36(42-41-24-43(36)2)30-11-5-4-6-12-30/h4-5,7,10,13,17-18,21-22,25-26,29-30,34,41-42H,6,8-9,11-12,14-16,19-20,23-24H2,1-3H3/t25-,26-,29+,30?,34-,36?/m0/s1. The molecular formula is C37H49F3N6O2. The molecule has 2 aliphatic heterocycles. The van der Waals surface area contributed by atoms with Crippen LogP contribution in [0.25, 0.3) is 11.2 Å². The molecule has 1 saturated carbocycles. The van der Waals surface area contributed by atoms with Crippen molar-refractivity contribution >= 4 is 5.52 Å². The zero-order valence-electron chi connectivity index (χ0n) is 28.3. The van der Waals surface area contributed by atoms with Gasteiger partial charge in [0.05, 0.1) is 29.1 Å². The highest BCUT2D eigenvalue weighted by atomic mass is 19.4. The molecule has 4 atom stereocenters. The maximum Gasteiger partial charge on any atom is 0.418 e. The molecular weight excluding hydrogens is 617 g/mol. The van der Waals surface area contributed by atoms with Crippen LogP contribution in [-0.4, -0.2) is 65.0 Å². The molecule has 8 nitrogen and oxygen atoms in total. The van der Waals surface area contributed by atoms with Crippen molar-refractivity contribution < 1.29 is 17.9 Å². The number of nitrogens with one attached hydrogen (secondary N) is 2. The van der Waals surface area contributed by atoms with Gasteiger partial charge < -0.3 is 4.74 Å². The fourth-order valence-corrected chi connectivity index (χ4v) is 9.32. The van der Waals surface area contributed by atoms with Gasteiger partial charge >= 0.3 is 11.9 Å². The van der Waals surface area contributed by atoms with Gasteiger partial charge in [-0.1, -0.05) is 31.2 Å². The Balaban J connectivity index is 1.30. The molecule has 4 heterocycles. The molecule has 2 aliphatic carbocycles. The topological polar surface area (TPSA) is 66.2 Å². The number of likely N-dealkylation sites (N-methyl/N-ethyl adjacent to an activating group) is 1. The van der Waals surface area contributed by atoms with Gasteiger partial charge in [-0.05, 0) is 112 Å². The van der Waals surface area contributed by atoms with Crippen LogP contribution in [-0.2, 0) is 17.5 Å². The second-order valence-corrected chi connectivity index (χ2v) is 14.9. The quantitative estimate of drug-likeness (QED) is 0.268. The maximum absolute atomic E-state index is 14.5. The van der Waals surface area contributed by atoms with E-state index in [1.54, 1.807) is 13.3 Å². The maximum atomic E-state index is 14.5. The van der Waals surface area contributed by atoms with E-state index in [1.165, 1.54) is 21.2 Å². The predicted molar refractivity (Wildman–Crippen MR) is 181 cm³/mol. The Morgan fingerprint density at radius 2 is 1.96 bits per heavy atom. The lowest BCUT2D eigenvalue weighted by atomic mass is 9.59. The number of piperidine rings is 1. The summed E-state index contributed by atoms with van der Waals surface area (Å²) in [6.07, 6.45) is 10.2. The fraction of sp³-hybridized carbons (Fsp3) is 0.595. The smallest absolute Gasteiger partial charge is 0.384 e. The average molecular weight is 667 g/mol. The van der Waals surface area contributed by atoms with Crippen molar-refractivity contribution in [3.8, 4) is 5.69 Å². The van der Waals surface area contributed by atoms with Crippen LogP contribution in [0.3, 0.4) is 0 Å². The molecule has 0 bridgehead atoms. The van der Waals surface area contributed by atoms with Gasteiger partial charge in [-0.25, -0.2) is 15.6 Å². The number of nitrogens with zero attached hydrogens (tertiary/aromatic N) is 4. The molecule has 7 rings (SSSR count). The number of halogens is 3. The van der Waals surface area contributed by atoms with Crippen molar-refractivity contribution in [2.24, 2.45) is 23.7 Å². The zero-order valence-corrected chi connectivity index (χ0v) is 28.3. The number of hydrazine groups is 1. The first-order chi connectivity index (χ1) is 23.1. The van der Waals surface area contributed by atoms with Gasteiger partial charge in [0.25, 0.3) is 0 Å². The van der Waals surface area contributed by atoms with Crippen molar-refractivity contribution in [3.63, 3.8) is 0 Å². The molecule has 1 aromatic carbocycles. The second-order valence-electron chi connectivity index (χ2n) is 14.9. The third-order valence-corrected chi connectivity index (χ3v) is 11.5. The number of aromatic nitrogens is 2. The molecule has 3 fully saturated rings. The van der Waals surface area contributed by atoms with E-state index >= 15 is 0 Å². The van der Waals surface area contributed by atoms with Crippen molar-refractivity contribution in [3.05, 3.63) is 82.1 Å². The summed E-state index contributed by atoms with van der Waals surface area (Å²) in [5.74, 6) is 1.81. The number of fused-ring (bicyclic) bond motifs is 1. The summed E-state index contributed by atoms with van der Waals surface area (Å²) in [6.45, 7) is 5.68. The number of rotatable bonds is 9. The minimum Gasteiger partial charge on any atom is -0.384 e. The summed E-state index contributed by atoms with van der Waals surface area (Å²) >= 11 is 0. The molecule has 4 aliphatic rings. The van der Waals surface area contributed by atoms with E-state index in [0.717, 1.165) is 70.2 Å². The van der Waals surface area contributed by atoms with E-state index in [0.29, 0.717) is 48.1 Å². The van der Waals surface area contributed by atoms with Crippen molar-refractivity contribution in [1.29, 1.82) is 0 Å². The highest BCUT2D eigenvalue weighted by Crippen LogP contribution is 2.53. The Labute approximate surface area is 280 Å². The number of imidazole rings is 1. The summed E-state index contributed by atoms with van der Waals surface area (Å²) in [5, 5.41) is 0. The summed E-state index contributed by atoms with van der Waals surface area (Å²) in [5.41, 5.74) is 7.59. The first kappa shape index (κ1) is 33.5. The Bertz CT molecular complexity index is 1690. The first-order valence-electron chi connectivity index (χ1n) is 17.6. The minimum atomic E-state index is -4.60. The highest BCUT2D eigenvalue weighted by molar-refractivity contribution is 5.58. The zero-order chi connectivity index (χ0) is 33.6. The molecule has 0 radical (unpaired) electrons. The first-order valence-corrected chi connectivity index (χ1v) is 17.6. The number of pyridine rings is 1. The van der Waals surface area contributed by atoms with Gasteiger partial charge in [-0.2, -0.15) is 13.2 Å². The van der Waals surface area contributed by atoms with Gasteiger partial charge in [-0.3, -0.25) is 18.8 Å². The molecule has 2 unspecified atom stereocenters. The van der Waals surface area contributed by atoms with Crippen molar-refractivity contribution in [2.45, 2.75) is 76.2 Å². The number of ether oxygens (including phenoxy) is 1. The van der Waals surface area contributed by atoms with E-state index in [2.05, 4.69) is 52.8 Å². The van der Waals surface area contributed by atoms with Gasteiger partial charge in [0, 0.05) is 45.1 Å². The van der Waals surface area contributed by atoms with Gasteiger partial charge in [0.15, 0.2) is 0 Å². The summed E-state index contributed by atoms with van der Waals surface area (Å²) < 4.78 is 51.7. The largest absolute Gasteiger partial charge is 0.418 e. The van der Waals surface area contributed by atoms with Gasteiger partial charge in [0.1, 0.15) is 0 Å². The Morgan fingerprint density at radius 3 is 2.65 bits per heavy atom. The molecule has 48 heavy (non-hydrogen) atoms. The van der Waals surface area contributed by atoms with Crippen LogP contribution in [0.1, 0.15) is 74.5 Å². The van der Waals surface area contributed by atoms with Crippen LogP contribution in [0.4, 0.5) is 13.2 Å². The molecule has 2 aromatic heterocycles. The monoisotopic (exact) mass is 666 g/mol. The Kier molecular flexibility index (Phi) is 9.36. The van der Waals surface area contributed by atoms with E-state index in [4.69, 9.17) is 4.74 Å². The van der Waals surface area contributed by atoms with Gasteiger partial charge in [0.2, 0.25) is 0 Å². The lowest BCUT2D eigenvalue weighted by Gasteiger charge is -2.54. The molecule has 0 spiro atoms. The number of hydrogen-bond acceptors (Lipinski definition) is 6. The van der Waals surface area contributed by atoms with Crippen LogP contribution in [0.2, 0.25) is 0 Å². The highest BCUT2D eigenvalue weighted by Gasteiger charge is 2.55. The van der Waals surface area contributed by atoms with Crippen molar-refractivity contribution in [2.75, 3.05) is 40.5 Å². The molecule has 3 aromatic rings. The van der Waals surface area contributed by atoms with E-state index in [9.17, 15) is 18.0 Å². The molecule has 2 N–H and O–H groups in total. The van der Waals surface area contributed by atoms with Crippen LogP contribution >= 0.6 is 0 Å². The predicted octanol–water partition coefficient (Wildman–Crippen LogP) is 6.15. The van der Waals surface area contributed by atoms with Crippen molar-refractivity contribution in [1.82, 2.24) is 29.6 Å². The summed E-state index contributed by atoms with van der Waals surface area (Å²) in [4.78, 5) is 18.6. The minimum absolute atomic E-state index is 0.0825. The lowest BCUT2D eigenvalue weighted by Crippen LogP contribution is -2.63. The number of likely N-dealkylation sites (tertiary alicyclic amines) is 1. The van der Waals surface area contributed by atoms with Gasteiger partial charge in [-0.15, -0.1) is 0 Å². The Hall–Kier alpha value is -2.96. The number of benzene rings is 1. The van der Waals surface area contributed by atoms with E-state index < -0.39 is 17.4 Å². The second kappa shape index (κ2) is 13.4. The molecule has 0 amide bonds. The molecule has 2 saturated heterocycles. The van der Waals surface area contributed by atoms with E-state index in [-0.39, 0.29) is 17.1 Å². The molecule has 260 valence electrons. The fourth-order valence-electron chi connectivity index (χ4n) is 9.32. The molecule has 11 heteroatoms. The Morgan fingerprint density at radius 1 is 1.12 bits per heavy atom. The number of methoxy groups -OCH3 is 1.